The van der Waals surface area contributed by atoms with Gasteiger partial charge < -0.3 is 5.32 Å². The molecule has 0 unspecified atom stereocenters. The summed E-state index contributed by atoms with van der Waals surface area (Å²) in [5, 5.41) is 9.11. The molecule has 7 nitrogen and oxygen atoms in total. The second-order valence-corrected chi connectivity index (χ2v) is 11.8. The Kier molecular flexibility index (Phi) is 7.86. The SMILES string of the molecule is Cc1ccccc1-n1nc(-c2cccs2)c2c1N(CC(=O)NCc1ccncc1)C(=O)CS[C@H]2c1ccc(F)cc1F. The molecule has 42 heavy (non-hydrogen) atoms. The van der Waals surface area contributed by atoms with E-state index in [0.29, 0.717) is 17.1 Å². The summed E-state index contributed by atoms with van der Waals surface area (Å²) in [5.41, 5.74) is 3.88. The summed E-state index contributed by atoms with van der Waals surface area (Å²) in [6.45, 7) is 1.94. The molecule has 0 spiro atoms. The van der Waals surface area contributed by atoms with E-state index in [1.807, 2.05) is 48.7 Å². The predicted octanol–water partition coefficient (Wildman–Crippen LogP) is 6.07. The summed E-state index contributed by atoms with van der Waals surface area (Å²) in [6, 6.07) is 18.5. The largest absolute Gasteiger partial charge is 0.350 e. The van der Waals surface area contributed by atoms with E-state index in [0.717, 1.165) is 27.8 Å². The summed E-state index contributed by atoms with van der Waals surface area (Å²) in [5.74, 6) is -1.72. The topological polar surface area (TPSA) is 80.1 Å². The second-order valence-electron chi connectivity index (χ2n) is 9.73. The van der Waals surface area contributed by atoms with Crippen molar-refractivity contribution in [2.45, 2.75) is 18.7 Å². The number of halogens is 2. The van der Waals surface area contributed by atoms with Crippen LogP contribution in [0.1, 0.15) is 27.5 Å². The van der Waals surface area contributed by atoms with Crippen molar-refractivity contribution in [2.75, 3.05) is 17.2 Å². The lowest BCUT2D eigenvalue weighted by Crippen LogP contribution is -2.42. The smallest absolute Gasteiger partial charge is 0.240 e. The molecule has 0 bridgehead atoms. The minimum absolute atomic E-state index is 0.0224. The first-order chi connectivity index (χ1) is 20.4. The van der Waals surface area contributed by atoms with Crippen molar-refractivity contribution >= 4 is 40.7 Å². The fraction of sp³-hybridized carbons (Fsp3) is 0.161. The van der Waals surface area contributed by atoms with Crippen molar-refractivity contribution in [3.63, 3.8) is 0 Å². The molecule has 5 aromatic rings. The zero-order valence-electron chi connectivity index (χ0n) is 22.5. The van der Waals surface area contributed by atoms with Crippen LogP contribution < -0.4 is 10.2 Å². The highest BCUT2D eigenvalue weighted by molar-refractivity contribution is 8.00. The number of rotatable bonds is 7. The van der Waals surface area contributed by atoms with Gasteiger partial charge in [0.15, 0.2) is 0 Å². The van der Waals surface area contributed by atoms with E-state index in [4.69, 9.17) is 5.10 Å². The number of aromatic nitrogens is 3. The highest BCUT2D eigenvalue weighted by Crippen LogP contribution is 2.49. The van der Waals surface area contributed by atoms with Gasteiger partial charge in [0.2, 0.25) is 11.8 Å². The van der Waals surface area contributed by atoms with E-state index in [2.05, 4.69) is 10.3 Å². The number of hydrogen-bond acceptors (Lipinski definition) is 6. The molecule has 0 aliphatic carbocycles. The normalized spacial score (nSPS) is 14.9. The number of carbonyl (C=O) groups excluding carboxylic acids is 2. The number of hydrogen-bond donors (Lipinski definition) is 1. The standard InChI is InChI=1S/C31H25F2N5O2S2/c1-19-5-2-3-6-24(19)38-31-28(29(36-38)25-7-4-14-41-25)30(22-9-8-21(32)15-23(22)33)42-18-27(40)37(31)17-26(39)35-16-20-10-12-34-13-11-20/h2-15,30H,16-18H2,1H3,(H,35,39)/t30-/m0/s1. The molecule has 1 aliphatic rings. The molecular weight excluding hydrogens is 577 g/mol. The first-order valence-electron chi connectivity index (χ1n) is 13.2. The third kappa shape index (κ3) is 5.45. The third-order valence-corrected chi connectivity index (χ3v) is 9.09. The van der Waals surface area contributed by atoms with Crippen LogP contribution >= 0.6 is 23.1 Å². The predicted molar refractivity (Wildman–Crippen MR) is 161 cm³/mol. The zero-order valence-corrected chi connectivity index (χ0v) is 24.1. The monoisotopic (exact) mass is 601 g/mol. The van der Waals surface area contributed by atoms with Gasteiger partial charge in [-0.15, -0.1) is 23.1 Å². The molecule has 1 N–H and O–H groups in total. The Morgan fingerprint density at radius 1 is 1.07 bits per heavy atom. The van der Waals surface area contributed by atoms with Gasteiger partial charge in [0.25, 0.3) is 0 Å². The minimum atomic E-state index is -0.713. The Hall–Kier alpha value is -4.35. The maximum absolute atomic E-state index is 15.4. The number of benzene rings is 2. The molecule has 0 fully saturated rings. The van der Waals surface area contributed by atoms with Crippen LogP contribution in [-0.4, -0.2) is 38.9 Å². The number of pyridine rings is 1. The van der Waals surface area contributed by atoms with Gasteiger partial charge in [-0.3, -0.25) is 19.5 Å². The van der Waals surface area contributed by atoms with Crippen LogP contribution in [-0.2, 0) is 16.1 Å². The number of amides is 2. The Morgan fingerprint density at radius 2 is 1.88 bits per heavy atom. The lowest BCUT2D eigenvalue weighted by atomic mass is 10.0. The fourth-order valence-corrected chi connectivity index (χ4v) is 6.89. The van der Waals surface area contributed by atoms with Gasteiger partial charge >= 0.3 is 0 Å². The summed E-state index contributed by atoms with van der Waals surface area (Å²) < 4.78 is 31.0. The molecule has 3 aromatic heterocycles. The molecule has 1 atom stereocenters. The fourth-order valence-electron chi connectivity index (χ4n) is 4.94. The molecule has 2 amide bonds. The van der Waals surface area contributed by atoms with Crippen LogP contribution in [0.5, 0.6) is 0 Å². The summed E-state index contributed by atoms with van der Waals surface area (Å²) >= 11 is 2.70. The minimum Gasteiger partial charge on any atom is -0.350 e. The molecule has 212 valence electrons. The highest BCUT2D eigenvalue weighted by Gasteiger charge is 2.39. The Morgan fingerprint density at radius 3 is 2.62 bits per heavy atom. The molecule has 0 radical (unpaired) electrons. The maximum atomic E-state index is 15.4. The van der Waals surface area contributed by atoms with Crippen LogP contribution in [0, 0.1) is 18.6 Å². The van der Waals surface area contributed by atoms with Gasteiger partial charge in [-0.2, -0.15) is 5.10 Å². The van der Waals surface area contributed by atoms with E-state index in [9.17, 15) is 14.0 Å². The molecule has 6 rings (SSSR count). The first-order valence-corrected chi connectivity index (χ1v) is 15.1. The van der Waals surface area contributed by atoms with Crippen molar-refractivity contribution in [1.82, 2.24) is 20.1 Å². The lowest BCUT2D eigenvalue weighted by molar-refractivity contribution is -0.123. The van der Waals surface area contributed by atoms with E-state index >= 15 is 4.39 Å². The Balaban J connectivity index is 1.53. The van der Waals surface area contributed by atoms with Crippen LogP contribution in [0.25, 0.3) is 16.3 Å². The van der Waals surface area contributed by atoms with Crippen molar-refractivity contribution < 1.29 is 18.4 Å². The number of aryl methyl sites for hydroxylation is 1. The lowest BCUT2D eigenvalue weighted by Gasteiger charge is -2.23. The number of fused-ring (bicyclic) bond motifs is 1. The van der Waals surface area contributed by atoms with Gasteiger partial charge in [0.1, 0.15) is 29.7 Å². The molecule has 0 saturated heterocycles. The van der Waals surface area contributed by atoms with Crippen molar-refractivity contribution in [2.24, 2.45) is 0 Å². The zero-order chi connectivity index (χ0) is 29.2. The van der Waals surface area contributed by atoms with E-state index in [-0.39, 0.29) is 36.2 Å². The maximum Gasteiger partial charge on any atom is 0.240 e. The van der Waals surface area contributed by atoms with Crippen LogP contribution in [0.15, 0.2) is 84.5 Å². The number of nitrogens with one attached hydrogen (secondary N) is 1. The van der Waals surface area contributed by atoms with Gasteiger partial charge in [0.05, 0.1) is 21.6 Å². The number of carbonyl (C=O) groups is 2. The molecular formula is C31H25F2N5O2S2. The summed E-state index contributed by atoms with van der Waals surface area (Å²) in [6.07, 6.45) is 3.29. The highest BCUT2D eigenvalue weighted by atomic mass is 32.2. The van der Waals surface area contributed by atoms with Gasteiger partial charge in [-0.05, 0) is 53.8 Å². The average molecular weight is 602 g/mol. The first kappa shape index (κ1) is 27.8. The van der Waals surface area contributed by atoms with Crippen LogP contribution in [0.4, 0.5) is 14.6 Å². The van der Waals surface area contributed by atoms with E-state index < -0.39 is 16.9 Å². The molecule has 4 heterocycles. The average Bonchev–Trinajstić information content (AvgIpc) is 3.63. The van der Waals surface area contributed by atoms with E-state index in [1.54, 1.807) is 29.2 Å². The number of thiophene rings is 1. The van der Waals surface area contributed by atoms with Crippen molar-refractivity contribution in [1.29, 1.82) is 0 Å². The number of thioether (sulfide) groups is 1. The van der Waals surface area contributed by atoms with Gasteiger partial charge in [0, 0.05) is 36.1 Å². The van der Waals surface area contributed by atoms with Gasteiger partial charge in [-0.25, -0.2) is 13.5 Å². The number of anilines is 1. The van der Waals surface area contributed by atoms with Crippen molar-refractivity contribution in [3.8, 4) is 16.3 Å². The Bertz CT molecular complexity index is 1760. The number of para-hydroxylation sites is 1. The summed E-state index contributed by atoms with van der Waals surface area (Å²) in [4.78, 5) is 33.3. The molecule has 11 heteroatoms. The van der Waals surface area contributed by atoms with Gasteiger partial charge in [-0.1, -0.05) is 30.3 Å². The van der Waals surface area contributed by atoms with Crippen molar-refractivity contribution in [3.05, 3.63) is 118 Å². The van der Waals surface area contributed by atoms with Crippen LogP contribution in [0.2, 0.25) is 0 Å². The third-order valence-electron chi connectivity index (χ3n) is 6.97. The number of nitrogens with zero attached hydrogens (tertiary/aromatic N) is 4. The second kappa shape index (κ2) is 11.9. The molecule has 1 aliphatic heterocycles. The molecule has 2 aromatic carbocycles. The van der Waals surface area contributed by atoms with E-state index in [1.165, 1.54) is 40.1 Å². The molecule has 0 saturated carbocycles. The van der Waals surface area contributed by atoms with Crippen LogP contribution in [0.3, 0.4) is 0 Å². The quantitative estimate of drug-likeness (QED) is 0.245. The summed E-state index contributed by atoms with van der Waals surface area (Å²) in [7, 11) is 0. The Labute approximate surface area is 249 Å².